The maximum atomic E-state index is 5.76. The molecule has 0 radical (unpaired) electrons. The molecule has 2 N–H and O–H groups in total. The molecule has 0 saturated carbocycles. The van der Waals surface area contributed by atoms with E-state index >= 15 is 0 Å². The molecule has 6 heteroatoms. The largest absolute Gasteiger partial charge is 0.377 e. The van der Waals surface area contributed by atoms with Crippen LogP contribution in [0.3, 0.4) is 0 Å². The van der Waals surface area contributed by atoms with Gasteiger partial charge in [0.2, 0.25) is 0 Å². The van der Waals surface area contributed by atoms with Crippen molar-refractivity contribution >= 4 is 5.82 Å². The maximum absolute atomic E-state index is 5.76. The first-order valence-electron chi connectivity index (χ1n) is 8.95. The highest BCUT2D eigenvalue weighted by Crippen LogP contribution is 2.24. The summed E-state index contributed by atoms with van der Waals surface area (Å²) in [5.74, 6) is 1.92. The third kappa shape index (κ3) is 3.49. The minimum atomic E-state index is 0.471. The van der Waals surface area contributed by atoms with Crippen molar-refractivity contribution in [2.45, 2.75) is 57.8 Å². The number of aromatic nitrogens is 2. The SMILES string of the molecule is Cc1nc2c(c(NC3CCN(CC4CCCO4)CC3)n1)CNC2. The number of piperidine rings is 1. The number of hydrogen-bond donors (Lipinski definition) is 2. The Hall–Kier alpha value is -1.24. The topological polar surface area (TPSA) is 62.3 Å². The molecular formula is C17H27N5O. The first-order valence-corrected chi connectivity index (χ1v) is 8.95. The van der Waals surface area contributed by atoms with E-state index in [0.29, 0.717) is 12.1 Å². The first kappa shape index (κ1) is 15.3. The Morgan fingerprint density at radius 1 is 1.22 bits per heavy atom. The quantitative estimate of drug-likeness (QED) is 0.876. The van der Waals surface area contributed by atoms with Gasteiger partial charge in [0.05, 0.1) is 11.8 Å². The zero-order valence-corrected chi connectivity index (χ0v) is 14.0. The second-order valence-corrected chi connectivity index (χ2v) is 7.00. The van der Waals surface area contributed by atoms with Crippen LogP contribution in [0, 0.1) is 6.92 Å². The Balaban J connectivity index is 1.33. The average molecular weight is 317 g/mol. The molecule has 126 valence electrons. The van der Waals surface area contributed by atoms with E-state index in [4.69, 9.17) is 4.74 Å². The van der Waals surface area contributed by atoms with E-state index in [1.54, 1.807) is 0 Å². The van der Waals surface area contributed by atoms with Crippen LogP contribution >= 0.6 is 0 Å². The molecule has 0 aliphatic carbocycles. The Labute approximate surface area is 138 Å². The lowest BCUT2D eigenvalue weighted by molar-refractivity contribution is 0.0654. The van der Waals surface area contributed by atoms with E-state index in [-0.39, 0.29) is 0 Å². The van der Waals surface area contributed by atoms with Gasteiger partial charge in [-0.15, -0.1) is 0 Å². The molecule has 4 rings (SSSR count). The van der Waals surface area contributed by atoms with Gasteiger partial charge in [0.1, 0.15) is 11.6 Å². The number of rotatable bonds is 4. The third-order valence-corrected chi connectivity index (χ3v) is 5.21. The highest BCUT2D eigenvalue weighted by Gasteiger charge is 2.25. The van der Waals surface area contributed by atoms with E-state index in [9.17, 15) is 0 Å². The molecule has 1 aromatic rings. The molecule has 0 bridgehead atoms. The number of aryl methyl sites for hydroxylation is 1. The Morgan fingerprint density at radius 2 is 2.09 bits per heavy atom. The predicted molar refractivity (Wildman–Crippen MR) is 89.4 cm³/mol. The monoisotopic (exact) mass is 317 g/mol. The van der Waals surface area contributed by atoms with Crippen molar-refractivity contribution in [2.24, 2.45) is 0 Å². The van der Waals surface area contributed by atoms with Gasteiger partial charge in [0.25, 0.3) is 0 Å². The van der Waals surface area contributed by atoms with Gasteiger partial charge in [-0.05, 0) is 32.6 Å². The van der Waals surface area contributed by atoms with Crippen LogP contribution in [0.25, 0.3) is 0 Å². The number of ether oxygens (including phenoxy) is 1. The van der Waals surface area contributed by atoms with Crippen LogP contribution in [0.4, 0.5) is 5.82 Å². The molecular weight excluding hydrogens is 290 g/mol. The number of hydrogen-bond acceptors (Lipinski definition) is 6. The van der Waals surface area contributed by atoms with E-state index < -0.39 is 0 Å². The molecule has 0 aromatic carbocycles. The van der Waals surface area contributed by atoms with Gasteiger partial charge in [-0.2, -0.15) is 0 Å². The fourth-order valence-electron chi connectivity index (χ4n) is 3.94. The van der Waals surface area contributed by atoms with Crippen molar-refractivity contribution in [1.82, 2.24) is 20.2 Å². The summed E-state index contributed by atoms with van der Waals surface area (Å²) in [6.07, 6.45) is 5.29. The standard InChI is InChI=1S/C17H27N5O/c1-12-19-16-10-18-9-15(16)17(20-12)21-13-4-6-22(7-5-13)11-14-3-2-8-23-14/h13-14,18H,2-11H2,1H3,(H,19,20,21). The van der Waals surface area contributed by atoms with Crippen LogP contribution in [0.1, 0.15) is 42.8 Å². The van der Waals surface area contributed by atoms with Gasteiger partial charge in [-0.25, -0.2) is 9.97 Å². The van der Waals surface area contributed by atoms with Crippen LogP contribution in [0.2, 0.25) is 0 Å². The molecule has 4 heterocycles. The summed E-state index contributed by atoms with van der Waals surface area (Å²) in [5, 5.41) is 7.06. The Morgan fingerprint density at radius 3 is 2.87 bits per heavy atom. The minimum absolute atomic E-state index is 0.471. The zero-order valence-electron chi connectivity index (χ0n) is 14.0. The smallest absolute Gasteiger partial charge is 0.134 e. The normalized spacial score (nSPS) is 25.7. The molecule has 1 aromatic heterocycles. The molecule has 0 amide bonds. The van der Waals surface area contributed by atoms with E-state index in [1.807, 2.05) is 6.92 Å². The van der Waals surface area contributed by atoms with Crippen LogP contribution in [0.15, 0.2) is 0 Å². The van der Waals surface area contributed by atoms with Crippen molar-refractivity contribution in [3.8, 4) is 0 Å². The second kappa shape index (κ2) is 6.71. The van der Waals surface area contributed by atoms with Crippen LogP contribution in [-0.4, -0.2) is 53.3 Å². The molecule has 3 aliphatic rings. The lowest BCUT2D eigenvalue weighted by atomic mass is 10.0. The summed E-state index contributed by atoms with van der Waals surface area (Å²) in [6.45, 7) is 8.11. The summed E-state index contributed by atoms with van der Waals surface area (Å²) in [4.78, 5) is 11.7. The molecule has 1 unspecified atom stereocenters. The average Bonchev–Trinajstić information content (AvgIpc) is 3.20. The maximum Gasteiger partial charge on any atom is 0.134 e. The summed E-state index contributed by atoms with van der Waals surface area (Å²) in [5.41, 5.74) is 2.42. The van der Waals surface area contributed by atoms with E-state index in [1.165, 1.54) is 31.2 Å². The van der Waals surface area contributed by atoms with E-state index in [2.05, 4.69) is 25.5 Å². The molecule has 23 heavy (non-hydrogen) atoms. The van der Waals surface area contributed by atoms with Gasteiger partial charge in [0, 0.05) is 50.9 Å². The summed E-state index contributed by atoms with van der Waals surface area (Å²) >= 11 is 0. The first-order chi connectivity index (χ1) is 11.3. The number of fused-ring (bicyclic) bond motifs is 1. The fraction of sp³-hybridized carbons (Fsp3) is 0.765. The molecule has 6 nitrogen and oxygen atoms in total. The van der Waals surface area contributed by atoms with Gasteiger partial charge in [-0.3, -0.25) is 0 Å². The number of anilines is 1. The molecule has 2 fully saturated rings. The van der Waals surface area contributed by atoms with Crippen LogP contribution in [0.5, 0.6) is 0 Å². The molecule has 0 spiro atoms. The highest BCUT2D eigenvalue weighted by atomic mass is 16.5. The van der Waals surface area contributed by atoms with Crippen molar-refractivity contribution < 1.29 is 4.74 Å². The van der Waals surface area contributed by atoms with Gasteiger partial charge >= 0.3 is 0 Å². The summed E-state index contributed by atoms with van der Waals surface area (Å²) < 4.78 is 5.76. The molecule has 1 atom stereocenters. The molecule has 2 saturated heterocycles. The van der Waals surface area contributed by atoms with Gasteiger partial charge in [0.15, 0.2) is 0 Å². The van der Waals surface area contributed by atoms with Gasteiger partial charge < -0.3 is 20.3 Å². The Kier molecular flexibility index (Phi) is 4.46. The minimum Gasteiger partial charge on any atom is -0.377 e. The van der Waals surface area contributed by atoms with Crippen molar-refractivity contribution in [1.29, 1.82) is 0 Å². The number of nitrogens with one attached hydrogen (secondary N) is 2. The van der Waals surface area contributed by atoms with Gasteiger partial charge in [-0.1, -0.05) is 0 Å². The highest BCUT2D eigenvalue weighted by molar-refractivity contribution is 5.49. The van der Waals surface area contributed by atoms with E-state index in [0.717, 1.165) is 56.7 Å². The van der Waals surface area contributed by atoms with Crippen LogP contribution < -0.4 is 10.6 Å². The molecule has 3 aliphatic heterocycles. The summed E-state index contributed by atoms with van der Waals surface area (Å²) in [6, 6.07) is 0.523. The lowest BCUT2D eigenvalue weighted by Gasteiger charge is -2.34. The van der Waals surface area contributed by atoms with Crippen molar-refractivity contribution in [3.63, 3.8) is 0 Å². The summed E-state index contributed by atoms with van der Waals surface area (Å²) in [7, 11) is 0. The fourth-order valence-corrected chi connectivity index (χ4v) is 3.94. The Bertz CT molecular complexity index is 550. The number of nitrogens with zero attached hydrogens (tertiary/aromatic N) is 3. The van der Waals surface area contributed by atoms with Crippen molar-refractivity contribution in [2.75, 3.05) is 31.6 Å². The second-order valence-electron chi connectivity index (χ2n) is 7.00. The third-order valence-electron chi connectivity index (χ3n) is 5.21. The number of likely N-dealkylation sites (tertiary alicyclic amines) is 1. The van der Waals surface area contributed by atoms with Crippen molar-refractivity contribution in [3.05, 3.63) is 17.1 Å². The predicted octanol–water partition coefficient (Wildman–Crippen LogP) is 1.44. The lowest BCUT2D eigenvalue weighted by Crippen LogP contribution is -2.42. The zero-order chi connectivity index (χ0) is 15.6. The van der Waals surface area contributed by atoms with Crippen LogP contribution in [-0.2, 0) is 17.8 Å².